The Morgan fingerprint density at radius 3 is 2.42 bits per heavy atom. The molecule has 1 N–H and O–H groups in total. The van der Waals surface area contributed by atoms with E-state index in [1.165, 1.54) is 12.1 Å². The van der Waals surface area contributed by atoms with Crippen molar-refractivity contribution in [1.29, 1.82) is 0 Å². The number of benzene rings is 2. The van der Waals surface area contributed by atoms with Gasteiger partial charge in [-0.15, -0.1) is 0 Å². The summed E-state index contributed by atoms with van der Waals surface area (Å²) in [7, 11) is -3.93. The smallest absolute Gasteiger partial charge is 0.267 e. The normalized spacial score (nSPS) is 11.5. The van der Waals surface area contributed by atoms with Crippen molar-refractivity contribution in [2.75, 3.05) is 5.32 Å². The molecule has 0 aliphatic carbocycles. The average Bonchev–Trinajstić information content (AvgIpc) is 2.75. The van der Waals surface area contributed by atoms with Crippen LogP contribution >= 0.6 is 0 Å². The Kier molecular flexibility index (Phi) is 6.70. The van der Waals surface area contributed by atoms with Crippen LogP contribution in [0.4, 0.5) is 5.69 Å². The molecule has 0 spiro atoms. The number of amides is 1. The van der Waals surface area contributed by atoms with Crippen molar-refractivity contribution in [2.45, 2.75) is 49.6 Å². The van der Waals surface area contributed by atoms with E-state index in [2.05, 4.69) is 10.4 Å². The predicted molar refractivity (Wildman–Crippen MR) is 119 cm³/mol. The lowest BCUT2D eigenvalue weighted by atomic mass is 10.0. The fourth-order valence-corrected chi connectivity index (χ4v) is 4.23. The molecular formula is C23H25N3O4S. The molecule has 162 valence electrons. The van der Waals surface area contributed by atoms with Gasteiger partial charge in [0, 0.05) is 11.8 Å². The van der Waals surface area contributed by atoms with Crippen LogP contribution in [0.15, 0.2) is 75.4 Å². The Bertz CT molecular complexity index is 1250. The number of carbonyl (C=O) groups excluding carboxylic acids is 1. The van der Waals surface area contributed by atoms with E-state index in [0.29, 0.717) is 5.69 Å². The Labute approximate surface area is 181 Å². The summed E-state index contributed by atoms with van der Waals surface area (Å²) in [6.07, 6.45) is 0.822. The molecule has 0 unspecified atom stereocenters. The number of rotatable bonds is 7. The molecule has 0 saturated carbocycles. The summed E-state index contributed by atoms with van der Waals surface area (Å²) in [5.74, 6) is -0.202. The number of aromatic nitrogens is 2. The van der Waals surface area contributed by atoms with Gasteiger partial charge in [-0.1, -0.05) is 45.0 Å². The SMILES string of the molecule is CCc1cccc(NC(=O)Cn2nc(S(=O)(=O)c3ccc(C(C)C)cc3)ccc2=O)c1. The molecule has 0 saturated heterocycles. The maximum Gasteiger partial charge on any atom is 0.267 e. The third kappa shape index (κ3) is 5.27. The fraction of sp³-hybridized carbons (Fsp3) is 0.261. The summed E-state index contributed by atoms with van der Waals surface area (Å²) in [6.45, 7) is 5.65. The Morgan fingerprint density at radius 1 is 1.06 bits per heavy atom. The highest BCUT2D eigenvalue weighted by Crippen LogP contribution is 2.21. The average molecular weight is 440 g/mol. The molecule has 2 aromatic carbocycles. The van der Waals surface area contributed by atoms with Gasteiger partial charge in [0.25, 0.3) is 5.56 Å². The third-order valence-corrected chi connectivity index (χ3v) is 6.55. The molecule has 0 atom stereocenters. The van der Waals surface area contributed by atoms with Gasteiger partial charge in [0.2, 0.25) is 15.7 Å². The Morgan fingerprint density at radius 2 is 1.77 bits per heavy atom. The number of nitrogens with zero attached hydrogens (tertiary/aromatic N) is 2. The van der Waals surface area contributed by atoms with Gasteiger partial charge >= 0.3 is 0 Å². The second kappa shape index (κ2) is 9.26. The van der Waals surface area contributed by atoms with Crippen molar-refractivity contribution < 1.29 is 13.2 Å². The van der Waals surface area contributed by atoms with E-state index in [1.54, 1.807) is 18.2 Å². The first-order chi connectivity index (χ1) is 14.7. The number of hydrogen-bond acceptors (Lipinski definition) is 5. The fourth-order valence-electron chi connectivity index (χ4n) is 3.04. The van der Waals surface area contributed by atoms with Gasteiger partial charge in [-0.25, -0.2) is 13.1 Å². The van der Waals surface area contributed by atoms with Crippen molar-refractivity contribution in [3.05, 3.63) is 82.1 Å². The maximum absolute atomic E-state index is 12.9. The van der Waals surface area contributed by atoms with E-state index < -0.39 is 27.8 Å². The van der Waals surface area contributed by atoms with Crippen LogP contribution in [0, 0.1) is 0 Å². The van der Waals surface area contributed by atoms with E-state index in [-0.39, 0.29) is 15.8 Å². The summed E-state index contributed by atoms with van der Waals surface area (Å²) in [5.41, 5.74) is 2.11. The summed E-state index contributed by atoms with van der Waals surface area (Å²) >= 11 is 0. The molecule has 0 bridgehead atoms. The zero-order valence-corrected chi connectivity index (χ0v) is 18.5. The lowest BCUT2D eigenvalue weighted by molar-refractivity contribution is -0.117. The second-order valence-electron chi connectivity index (χ2n) is 7.50. The summed E-state index contributed by atoms with van der Waals surface area (Å²) in [4.78, 5) is 24.7. The summed E-state index contributed by atoms with van der Waals surface area (Å²) in [6, 6.07) is 16.2. The summed E-state index contributed by atoms with van der Waals surface area (Å²) < 4.78 is 26.8. The third-order valence-electron chi connectivity index (χ3n) is 4.89. The van der Waals surface area contributed by atoms with Gasteiger partial charge < -0.3 is 5.32 Å². The standard InChI is InChI=1S/C23H25N3O4S/c1-4-17-6-5-7-19(14-17)24-21(27)15-26-23(28)13-12-22(25-26)31(29,30)20-10-8-18(9-11-20)16(2)3/h5-14,16H,4,15H2,1-3H3,(H,24,27). The Hall–Kier alpha value is -3.26. The van der Waals surface area contributed by atoms with Crippen LogP contribution in [0.1, 0.15) is 37.8 Å². The molecular weight excluding hydrogens is 414 g/mol. The molecule has 0 aliphatic heterocycles. The van der Waals surface area contributed by atoms with Crippen LogP contribution in [0.2, 0.25) is 0 Å². The predicted octanol–water partition coefficient (Wildman–Crippen LogP) is 3.40. The van der Waals surface area contributed by atoms with Gasteiger partial charge in [0.05, 0.1) is 4.90 Å². The van der Waals surface area contributed by atoms with Crippen LogP contribution in [0.3, 0.4) is 0 Å². The van der Waals surface area contributed by atoms with E-state index in [1.807, 2.05) is 39.0 Å². The highest BCUT2D eigenvalue weighted by molar-refractivity contribution is 7.91. The van der Waals surface area contributed by atoms with E-state index in [0.717, 1.165) is 34.4 Å². The molecule has 0 aliphatic rings. The van der Waals surface area contributed by atoms with Gasteiger partial charge in [0.15, 0.2) is 5.03 Å². The topological polar surface area (TPSA) is 98.1 Å². The minimum Gasteiger partial charge on any atom is -0.324 e. The Balaban J connectivity index is 1.83. The van der Waals surface area contributed by atoms with Crippen LogP contribution in [-0.4, -0.2) is 24.1 Å². The number of carbonyl (C=O) groups is 1. The van der Waals surface area contributed by atoms with Crippen molar-refractivity contribution in [2.24, 2.45) is 0 Å². The van der Waals surface area contributed by atoms with Crippen LogP contribution in [0.25, 0.3) is 0 Å². The van der Waals surface area contributed by atoms with Crippen molar-refractivity contribution in [1.82, 2.24) is 9.78 Å². The number of anilines is 1. The molecule has 31 heavy (non-hydrogen) atoms. The molecule has 3 rings (SSSR count). The van der Waals surface area contributed by atoms with E-state index in [4.69, 9.17) is 0 Å². The van der Waals surface area contributed by atoms with Crippen LogP contribution < -0.4 is 10.9 Å². The molecule has 0 radical (unpaired) electrons. The minimum absolute atomic E-state index is 0.0791. The lowest BCUT2D eigenvalue weighted by Crippen LogP contribution is -2.30. The van der Waals surface area contributed by atoms with E-state index >= 15 is 0 Å². The molecule has 1 aromatic heterocycles. The van der Waals surface area contributed by atoms with Crippen LogP contribution in [0.5, 0.6) is 0 Å². The zero-order valence-electron chi connectivity index (χ0n) is 17.7. The maximum atomic E-state index is 12.9. The summed E-state index contributed by atoms with van der Waals surface area (Å²) in [5, 5.41) is 6.37. The van der Waals surface area contributed by atoms with Gasteiger partial charge in [-0.2, -0.15) is 5.10 Å². The number of sulfone groups is 1. The van der Waals surface area contributed by atoms with Crippen molar-refractivity contribution in [3.63, 3.8) is 0 Å². The van der Waals surface area contributed by atoms with Gasteiger partial charge in [-0.3, -0.25) is 9.59 Å². The van der Waals surface area contributed by atoms with Crippen molar-refractivity contribution in [3.8, 4) is 0 Å². The highest BCUT2D eigenvalue weighted by atomic mass is 32.2. The number of aryl methyl sites for hydroxylation is 1. The number of hydrogen-bond donors (Lipinski definition) is 1. The highest BCUT2D eigenvalue weighted by Gasteiger charge is 2.21. The molecule has 8 heteroatoms. The molecule has 1 heterocycles. The second-order valence-corrected chi connectivity index (χ2v) is 9.39. The lowest BCUT2D eigenvalue weighted by Gasteiger charge is -2.10. The monoisotopic (exact) mass is 439 g/mol. The van der Waals surface area contributed by atoms with Gasteiger partial charge in [0.1, 0.15) is 6.54 Å². The quantitative estimate of drug-likeness (QED) is 0.608. The molecule has 3 aromatic rings. The molecule has 0 fully saturated rings. The van der Waals surface area contributed by atoms with Gasteiger partial charge in [-0.05, 0) is 53.8 Å². The largest absolute Gasteiger partial charge is 0.324 e. The minimum atomic E-state index is -3.93. The van der Waals surface area contributed by atoms with Crippen LogP contribution in [-0.2, 0) is 27.6 Å². The first-order valence-corrected chi connectivity index (χ1v) is 11.5. The zero-order chi connectivity index (χ0) is 22.6. The van der Waals surface area contributed by atoms with Crippen molar-refractivity contribution >= 4 is 21.4 Å². The first-order valence-electron chi connectivity index (χ1n) is 10.0. The first kappa shape index (κ1) is 22.4. The molecule has 1 amide bonds. The van der Waals surface area contributed by atoms with E-state index in [9.17, 15) is 18.0 Å². The number of nitrogens with one attached hydrogen (secondary N) is 1. The molecule has 7 nitrogen and oxygen atoms in total.